The quantitative estimate of drug-likeness (QED) is 0.778. The zero-order valence-electron chi connectivity index (χ0n) is 11.2. The Morgan fingerprint density at radius 3 is 2.50 bits per heavy atom. The average Bonchev–Trinajstić information content (AvgIpc) is 2.16. The van der Waals surface area contributed by atoms with Crippen molar-refractivity contribution in [1.29, 1.82) is 0 Å². The van der Waals surface area contributed by atoms with Crippen LogP contribution in [0.25, 0.3) is 0 Å². The van der Waals surface area contributed by atoms with Gasteiger partial charge in [0.25, 0.3) is 0 Å². The molecule has 0 amide bonds. The first kappa shape index (κ1) is 14.2. The summed E-state index contributed by atoms with van der Waals surface area (Å²) in [5.74, 6) is 0. The second kappa shape index (κ2) is 5.17. The molecular weight excluding hydrogens is 220 g/mol. The van der Waals surface area contributed by atoms with Crippen LogP contribution >= 0.6 is 0 Å². The molecule has 0 aliphatic carbocycles. The Hall–Kier alpha value is 0.0969. The van der Waals surface area contributed by atoms with Gasteiger partial charge in [-0.25, -0.2) is 0 Å². The molecule has 1 fully saturated rings. The van der Waals surface area contributed by atoms with Crippen LogP contribution in [0, 0.1) is 0 Å². The lowest BCUT2D eigenvalue weighted by Gasteiger charge is -2.42. The molecule has 0 unspecified atom stereocenters. The Morgan fingerprint density at radius 2 is 2.00 bits per heavy atom. The summed E-state index contributed by atoms with van der Waals surface area (Å²) in [6, 6.07) is 0. The topological polar surface area (TPSA) is 38.7 Å². The molecule has 1 heterocycles. The SMILES string of the molecule is CC(C)(C)[Si](C)(C)O[C@@H]1CCCO[C@@H]1CO. The average molecular weight is 246 g/mol. The number of hydrogen-bond acceptors (Lipinski definition) is 3. The van der Waals surface area contributed by atoms with Gasteiger partial charge >= 0.3 is 0 Å². The van der Waals surface area contributed by atoms with Gasteiger partial charge in [-0.2, -0.15) is 0 Å². The van der Waals surface area contributed by atoms with Crippen molar-refractivity contribution in [3.63, 3.8) is 0 Å². The van der Waals surface area contributed by atoms with Gasteiger partial charge in [0.05, 0.1) is 12.7 Å². The molecule has 0 bridgehead atoms. The molecule has 2 atom stereocenters. The summed E-state index contributed by atoms with van der Waals surface area (Å²) in [6.07, 6.45) is 2.01. The molecule has 0 aromatic carbocycles. The standard InChI is InChI=1S/C12H26O3Si/c1-12(2,3)16(4,5)15-10-7-6-8-14-11(10)9-13/h10-11,13H,6-9H2,1-5H3/t10-,11-/m1/s1. The molecule has 3 nitrogen and oxygen atoms in total. The monoisotopic (exact) mass is 246 g/mol. The molecule has 1 saturated heterocycles. The summed E-state index contributed by atoms with van der Waals surface area (Å²) in [5, 5.41) is 9.48. The maximum Gasteiger partial charge on any atom is 0.192 e. The van der Waals surface area contributed by atoms with E-state index in [0.29, 0.717) is 0 Å². The first-order chi connectivity index (χ1) is 7.28. The van der Waals surface area contributed by atoms with Gasteiger partial charge in [0.15, 0.2) is 8.32 Å². The third-order valence-electron chi connectivity index (χ3n) is 3.81. The van der Waals surface area contributed by atoms with Gasteiger partial charge in [-0.3, -0.25) is 0 Å². The molecule has 16 heavy (non-hydrogen) atoms. The predicted octanol–water partition coefficient (Wildman–Crippen LogP) is 2.55. The summed E-state index contributed by atoms with van der Waals surface area (Å²) in [4.78, 5) is 0. The molecule has 1 N–H and O–H groups in total. The fourth-order valence-electron chi connectivity index (χ4n) is 1.67. The summed E-state index contributed by atoms with van der Waals surface area (Å²) >= 11 is 0. The van der Waals surface area contributed by atoms with Crippen LogP contribution in [0.4, 0.5) is 0 Å². The van der Waals surface area contributed by atoms with Gasteiger partial charge in [0, 0.05) is 6.61 Å². The first-order valence-corrected chi connectivity index (χ1v) is 9.09. The zero-order chi connectivity index (χ0) is 12.4. The predicted molar refractivity (Wildman–Crippen MR) is 68.1 cm³/mol. The van der Waals surface area contributed by atoms with Gasteiger partial charge in [0.2, 0.25) is 0 Å². The van der Waals surface area contributed by atoms with Crippen molar-refractivity contribution in [2.75, 3.05) is 13.2 Å². The lowest BCUT2D eigenvalue weighted by Crippen LogP contribution is -2.49. The Balaban J connectivity index is 2.64. The second-order valence-electron chi connectivity index (χ2n) is 6.15. The molecular formula is C12H26O3Si. The largest absolute Gasteiger partial charge is 0.411 e. The molecule has 96 valence electrons. The van der Waals surface area contributed by atoms with E-state index >= 15 is 0 Å². The van der Waals surface area contributed by atoms with E-state index in [0.717, 1.165) is 19.4 Å². The van der Waals surface area contributed by atoms with Crippen LogP contribution in [-0.2, 0) is 9.16 Å². The lowest BCUT2D eigenvalue weighted by atomic mass is 10.1. The van der Waals surface area contributed by atoms with E-state index in [2.05, 4.69) is 33.9 Å². The fraction of sp³-hybridized carbons (Fsp3) is 1.00. The van der Waals surface area contributed by atoms with Gasteiger partial charge in [-0.1, -0.05) is 20.8 Å². The van der Waals surface area contributed by atoms with E-state index in [-0.39, 0.29) is 23.9 Å². The van der Waals surface area contributed by atoms with Crippen molar-refractivity contribution in [2.45, 2.75) is 64.0 Å². The van der Waals surface area contributed by atoms with Crippen LogP contribution in [0.1, 0.15) is 33.6 Å². The van der Waals surface area contributed by atoms with Crippen molar-refractivity contribution in [1.82, 2.24) is 0 Å². The van der Waals surface area contributed by atoms with Gasteiger partial charge in [-0.05, 0) is 31.0 Å². The Labute approximate surface area is 100 Å². The molecule has 1 aliphatic rings. The van der Waals surface area contributed by atoms with Crippen LogP contribution in [0.2, 0.25) is 18.1 Å². The number of hydrogen-bond donors (Lipinski definition) is 1. The first-order valence-electron chi connectivity index (χ1n) is 6.18. The van der Waals surface area contributed by atoms with Gasteiger partial charge in [-0.15, -0.1) is 0 Å². The normalized spacial score (nSPS) is 28.1. The number of ether oxygens (including phenoxy) is 1. The highest BCUT2D eigenvalue weighted by atomic mass is 28.4. The van der Waals surface area contributed by atoms with Crippen LogP contribution in [0.3, 0.4) is 0 Å². The molecule has 0 spiro atoms. The van der Waals surface area contributed by atoms with E-state index in [4.69, 9.17) is 9.16 Å². The van der Waals surface area contributed by atoms with Crippen LogP contribution in [-0.4, -0.2) is 38.8 Å². The third kappa shape index (κ3) is 3.29. The van der Waals surface area contributed by atoms with Gasteiger partial charge < -0.3 is 14.3 Å². The lowest BCUT2D eigenvalue weighted by molar-refractivity contribution is -0.0887. The second-order valence-corrected chi connectivity index (χ2v) is 10.9. The number of rotatable bonds is 3. The van der Waals surface area contributed by atoms with Crippen LogP contribution in [0.5, 0.6) is 0 Å². The molecule has 0 aromatic rings. The highest BCUT2D eigenvalue weighted by Crippen LogP contribution is 2.38. The smallest absolute Gasteiger partial charge is 0.192 e. The summed E-state index contributed by atoms with van der Waals surface area (Å²) < 4.78 is 11.8. The number of aliphatic hydroxyl groups is 1. The molecule has 0 aromatic heterocycles. The molecule has 1 rings (SSSR count). The van der Waals surface area contributed by atoms with Crippen molar-refractivity contribution in [3.8, 4) is 0 Å². The maximum absolute atomic E-state index is 9.27. The molecule has 4 heteroatoms. The highest BCUT2D eigenvalue weighted by Gasteiger charge is 2.41. The Kier molecular flexibility index (Phi) is 4.57. The van der Waals surface area contributed by atoms with E-state index < -0.39 is 8.32 Å². The van der Waals surface area contributed by atoms with E-state index in [1.165, 1.54) is 0 Å². The Bertz CT molecular complexity index is 223. The van der Waals surface area contributed by atoms with Crippen molar-refractivity contribution >= 4 is 8.32 Å². The molecule has 0 radical (unpaired) electrons. The van der Waals surface area contributed by atoms with Crippen molar-refractivity contribution in [3.05, 3.63) is 0 Å². The molecule has 1 aliphatic heterocycles. The minimum atomic E-state index is -1.74. The minimum absolute atomic E-state index is 0.0687. The zero-order valence-corrected chi connectivity index (χ0v) is 12.2. The fourth-order valence-corrected chi connectivity index (χ4v) is 3.05. The van der Waals surface area contributed by atoms with Crippen LogP contribution < -0.4 is 0 Å². The van der Waals surface area contributed by atoms with E-state index in [1.54, 1.807) is 0 Å². The van der Waals surface area contributed by atoms with E-state index in [1.807, 2.05) is 0 Å². The van der Waals surface area contributed by atoms with Crippen molar-refractivity contribution < 1.29 is 14.3 Å². The maximum atomic E-state index is 9.27. The summed E-state index contributed by atoms with van der Waals surface area (Å²) in [5.41, 5.74) is 0. The van der Waals surface area contributed by atoms with Crippen molar-refractivity contribution in [2.24, 2.45) is 0 Å². The van der Waals surface area contributed by atoms with Gasteiger partial charge in [0.1, 0.15) is 6.10 Å². The minimum Gasteiger partial charge on any atom is -0.411 e. The summed E-state index contributed by atoms with van der Waals surface area (Å²) in [6.45, 7) is 12.0. The third-order valence-corrected chi connectivity index (χ3v) is 8.32. The number of aliphatic hydroxyl groups excluding tert-OH is 1. The highest BCUT2D eigenvalue weighted by molar-refractivity contribution is 6.74. The summed E-state index contributed by atoms with van der Waals surface area (Å²) in [7, 11) is -1.74. The molecule has 0 saturated carbocycles. The Morgan fingerprint density at radius 1 is 1.38 bits per heavy atom. The van der Waals surface area contributed by atoms with Crippen LogP contribution in [0.15, 0.2) is 0 Å². The van der Waals surface area contributed by atoms with E-state index in [9.17, 15) is 5.11 Å².